The summed E-state index contributed by atoms with van der Waals surface area (Å²) in [5, 5.41) is 0.459. The van der Waals surface area contributed by atoms with Crippen LogP contribution in [0.25, 0.3) is 0 Å². The number of anilines is 1. The van der Waals surface area contributed by atoms with E-state index in [2.05, 4.69) is 13.8 Å². The molecule has 0 bridgehead atoms. The molecule has 0 fully saturated rings. The van der Waals surface area contributed by atoms with Gasteiger partial charge >= 0.3 is 0 Å². The van der Waals surface area contributed by atoms with Gasteiger partial charge in [0.2, 0.25) is 0 Å². The van der Waals surface area contributed by atoms with Crippen molar-refractivity contribution >= 4 is 23.1 Å². The van der Waals surface area contributed by atoms with Crippen LogP contribution in [0, 0.1) is 5.92 Å². The van der Waals surface area contributed by atoms with Crippen LogP contribution in [0.15, 0.2) is 18.2 Å². The van der Waals surface area contributed by atoms with Gasteiger partial charge in [-0.15, -0.1) is 0 Å². The summed E-state index contributed by atoms with van der Waals surface area (Å²) < 4.78 is 0. The van der Waals surface area contributed by atoms with Gasteiger partial charge in [-0.2, -0.15) is 0 Å². The highest BCUT2D eigenvalue weighted by atomic mass is 35.5. The summed E-state index contributed by atoms with van der Waals surface area (Å²) in [5.41, 5.74) is 6.83. The fraction of sp³-hybridized carbons (Fsp3) is 0.500. The number of hydrogen-bond acceptors (Lipinski definition) is 2. The number of halogens is 1. The van der Waals surface area contributed by atoms with Crippen LogP contribution in [0.2, 0.25) is 5.02 Å². The molecule has 3 heteroatoms. The number of ketones is 1. The van der Waals surface area contributed by atoms with Gasteiger partial charge in [-0.25, -0.2) is 0 Å². The first-order chi connectivity index (χ1) is 8.10. The Morgan fingerprint density at radius 1 is 1.41 bits per heavy atom. The number of nitrogen functional groups attached to an aromatic ring is 1. The quantitative estimate of drug-likeness (QED) is 0.606. The third kappa shape index (κ3) is 3.74. The summed E-state index contributed by atoms with van der Waals surface area (Å²) in [6, 6.07) is 5.13. The number of carbonyl (C=O) groups excluding carboxylic acids is 1. The van der Waals surface area contributed by atoms with E-state index in [4.69, 9.17) is 17.3 Å². The van der Waals surface area contributed by atoms with E-state index in [0.29, 0.717) is 16.3 Å². The van der Waals surface area contributed by atoms with Crippen molar-refractivity contribution < 1.29 is 4.79 Å². The molecule has 1 atom stereocenters. The lowest BCUT2D eigenvalue weighted by molar-refractivity contribution is 0.0908. The Kier molecular flexibility index (Phi) is 5.49. The van der Waals surface area contributed by atoms with Crippen LogP contribution in [0.5, 0.6) is 0 Å². The molecule has 0 amide bonds. The summed E-state index contributed by atoms with van der Waals surface area (Å²) >= 11 is 5.93. The smallest absolute Gasteiger partial charge is 0.165 e. The van der Waals surface area contributed by atoms with Crippen LogP contribution in [0.3, 0.4) is 0 Å². The van der Waals surface area contributed by atoms with E-state index in [1.165, 1.54) is 0 Å². The zero-order valence-corrected chi connectivity index (χ0v) is 11.3. The number of carbonyl (C=O) groups is 1. The molecule has 0 saturated carbocycles. The molecule has 0 aliphatic rings. The number of Topliss-reactive ketones (excluding diaryl/α,β-unsaturated/α-hetero) is 1. The van der Waals surface area contributed by atoms with Gasteiger partial charge in [0.05, 0.1) is 10.7 Å². The lowest BCUT2D eigenvalue weighted by Crippen LogP contribution is -2.14. The van der Waals surface area contributed by atoms with E-state index in [9.17, 15) is 4.79 Å². The molecule has 0 aromatic heterocycles. The maximum absolute atomic E-state index is 12.2. The van der Waals surface area contributed by atoms with E-state index in [-0.39, 0.29) is 11.7 Å². The van der Waals surface area contributed by atoms with Gasteiger partial charge < -0.3 is 5.73 Å². The van der Waals surface area contributed by atoms with Crippen molar-refractivity contribution in [3.63, 3.8) is 0 Å². The molecule has 2 nitrogen and oxygen atoms in total. The molecule has 1 aromatic carbocycles. The zero-order chi connectivity index (χ0) is 12.8. The molecule has 0 heterocycles. The molecular weight excluding hydrogens is 234 g/mol. The Labute approximate surface area is 108 Å². The largest absolute Gasteiger partial charge is 0.398 e. The second-order valence-electron chi connectivity index (χ2n) is 4.35. The fourth-order valence-electron chi connectivity index (χ4n) is 1.89. The van der Waals surface area contributed by atoms with Gasteiger partial charge in [0, 0.05) is 11.5 Å². The van der Waals surface area contributed by atoms with Crippen LogP contribution in [0.1, 0.15) is 49.9 Å². The molecule has 0 aliphatic heterocycles. The van der Waals surface area contributed by atoms with Crippen LogP contribution in [-0.2, 0) is 0 Å². The second kappa shape index (κ2) is 6.65. The third-order valence-electron chi connectivity index (χ3n) is 3.05. The summed E-state index contributed by atoms with van der Waals surface area (Å²) in [7, 11) is 0. The van der Waals surface area contributed by atoms with Crippen LogP contribution in [-0.4, -0.2) is 5.78 Å². The SMILES string of the molecule is CCCCC(CC)C(=O)c1ccc(N)c(Cl)c1. The Bertz CT molecular complexity index is 390. The van der Waals surface area contributed by atoms with Gasteiger partial charge in [0.15, 0.2) is 5.78 Å². The fourth-order valence-corrected chi connectivity index (χ4v) is 2.07. The minimum absolute atomic E-state index is 0.106. The van der Waals surface area contributed by atoms with Gasteiger partial charge in [-0.3, -0.25) is 4.79 Å². The Morgan fingerprint density at radius 2 is 2.12 bits per heavy atom. The predicted molar refractivity (Wildman–Crippen MR) is 73.5 cm³/mol. The molecule has 94 valence electrons. The van der Waals surface area contributed by atoms with E-state index >= 15 is 0 Å². The average Bonchev–Trinajstić information content (AvgIpc) is 2.33. The standard InChI is InChI=1S/C14H20ClNO/c1-3-5-6-10(4-2)14(17)11-7-8-13(16)12(15)9-11/h7-10H,3-6,16H2,1-2H3. The molecule has 1 aromatic rings. The number of benzene rings is 1. The van der Waals surface area contributed by atoms with Crippen molar-refractivity contribution in [2.45, 2.75) is 39.5 Å². The topological polar surface area (TPSA) is 43.1 Å². The Balaban J connectivity index is 2.82. The summed E-state index contributed by atoms with van der Waals surface area (Å²) in [6.07, 6.45) is 4.04. The number of nitrogens with two attached hydrogens (primary N) is 1. The molecule has 2 N–H and O–H groups in total. The summed E-state index contributed by atoms with van der Waals surface area (Å²) in [4.78, 5) is 12.2. The monoisotopic (exact) mass is 253 g/mol. The Morgan fingerprint density at radius 3 is 2.65 bits per heavy atom. The predicted octanol–water partition coefficient (Wildman–Crippen LogP) is 4.32. The minimum Gasteiger partial charge on any atom is -0.398 e. The first-order valence-corrected chi connectivity index (χ1v) is 6.57. The summed E-state index contributed by atoms with van der Waals surface area (Å²) in [5.74, 6) is 0.289. The van der Waals surface area contributed by atoms with Crippen LogP contribution >= 0.6 is 11.6 Å². The first kappa shape index (κ1) is 14.0. The zero-order valence-electron chi connectivity index (χ0n) is 10.5. The molecule has 17 heavy (non-hydrogen) atoms. The van der Waals surface area contributed by atoms with Crippen molar-refractivity contribution in [3.05, 3.63) is 28.8 Å². The van der Waals surface area contributed by atoms with Crippen molar-refractivity contribution in [2.24, 2.45) is 5.92 Å². The highest BCUT2D eigenvalue weighted by Gasteiger charge is 2.18. The highest BCUT2D eigenvalue weighted by molar-refractivity contribution is 6.33. The van der Waals surface area contributed by atoms with E-state index < -0.39 is 0 Å². The number of unbranched alkanes of at least 4 members (excludes halogenated alkanes) is 1. The van der Waals surface area contributed by atoms with Crippen molar-refractivity contribution in [3.8, 4) is 0 Å². The number of rotatable bonds is 6. The first-order valence-electron chi connectivity index (χ1n) is 6.19. The van der Waals surface area contributed by atoms with Gasteiger partial charge in [0.1, 0.15) is 0 Å². The van der Waals surface area contributed by atoms with Crippen molar-refractivity contribution in [2.75, 3.05) is 5.73 Å². The average molecular weight is 254 g/mol. The van der Waals surface area contributed by atoms with Gasteiger partial charge in [0.25, 0.3) is 0 Å². The maximum atomic E-state index is 12.2. The van der Waals surface area contributed by atoms with Crippen LogP contribution < -0.4 is 5.73 Å². The van der Waals surface area contributed by atoms with Gasteiger partial charge in [-0.05, 0) is 31.0 Å². The van der Waals surface area contributed by atoms with Crippen LogP contribution in [0.4, 0.5) is 5.69 Å². The highest BCUT2D eigenvalue weighted by Crippen LogP contribution is 2.24. The molecule has 0 spiro atoms. The molecule has 0 aliphatic carbocycles. The lowest BCUT2D eigenvalue weighted by Gasteiger charge is -2.13. The molecule has 1 rings (SSSR count). The van der Waals surface area contributed by atoms with E-state index in [0.717, 1.165) is 25.7 Å². The maximum Gasteiger partial charge on any atom is 0.165 e. The van der Waals surface area contributed by atoms with Crippen molar-refractivity contribution in [1.82, 2.24) is 0 Å². The van der Waals surface area contributed by atoms with Gasteiger partial charge in [-0.1, -0.05) is 38.3 Å². The minimum atomic E-state index is 0.106. The number of hydrogen-bond donors (Lipinski definition) is 1. The normalized spacial score (nSPS) is 12.4. The van der Waals surface area contributed by atoms with Crippen molar-refractivity contribution in [1.29, 1.82) is 0 Å². The molecule has 1 unspecified atom stereocenters. The third-order valence-corrected chi connectivity index (χ3v) is 3.38. The van der Waals surface area contributed by atoms with E-state index in [1.807, 2.05) is 0 Å². The molecular formula is C14H20ClNO. The Hall–Kier alpha value is -1.02. The van der Waals surface area contributed by atoms with E-state index in [1.54, 1.807) is 18.2 Å². The lowest BCUT2D eigenvalue weighted by atomic mass is 9.90. The molecule has 0 radical (unpaired) electrons. The second-order valence-corrected chi connectivity index (χ2v) is 4.76. The molecule has 0 saturated heterocycles. The summed E-state index contributed by atoms with van der Waals surface area (Å²) in [6.45, 7) is 4.19.